The molecule has 0 spiro atoms. The Hall–Kier alpha value is -0.830. The standard InChI is InChI=1S/C12H23N3/c1-12(2,3)6-5-7-13-10-11-14-8-9-15(11)4/h8-9,13H,5-7,10H2,1-4H3. The summed E-state index contributed by atoms with van der Waals surface area (Å²) >= 11 is 0. The summed E-state index contributed by atoms with van der Waals surface area (Å²) < 4.78 is 2.05. The highest BCUT2D eigenvalue weighted by Crippen LogP contribution is 2.19. The fraction of sp³-hybridized carbons (Fsp3) is 0.750. The Bertz CT molecular complexity index is 283. The smallest absolute Gasteiger partial charge is 0.122 e. The number of nitrogens with one attached hydrogen (secondary N) is 1. The highest BCUT2D eigenvalue weighted by molar-refractivity contribution is 4.90. The van der Waals surface area contributed by atoms with Crippen molar-refractivity contribution in [1.82, 2.24) is 14.9 Å². The molecule has 0 aromatic carbocycles. The van der Waals surface area contributed by atoms with Gasteiger partial charge in [-0.25, -0.2) is 4.98 Å². The molecule has 0 aliphatic rings. The van der Waals surface area contributed by atoms with Crippen molar-refractivity contribution in [3.8, 4) is 0 Å². The zero-order valence-corrected chi connectivity index (χ0v) is 10.4. The minimum atomic E-state index is 0.449. The van der Waals surface area contributed by atoms with E-state index < -0.39 is 0 Å². The van der Waals surface area contributed by atoms with E-state index in [-0.39, 0.29) is 0 Å². The Balaban J connectivity index is 2.10. The van der Waals surface area contributed by atoms with E-state index in [1.54, 1.807) is 0 Å². The van der Waals surface area contributed by atoms with E-state index >= 15 is 0 Å². The zero-order valence-electron chi connectivity index (χ0n) is 10.4. The van der Waals surface area contributed by atoms with Gasteiger partial charge in [-0.15, -0.1) is 0 Å². The molecule has 0 atom stereocenters. The van der Waals surface area contributed by atoms with Crippen molar-refractivity contribution in [1.29, 1.82) is 0 Å². The van der Waals surface area contributed by atoms with Crippen molar-refractivity contribution in [2.45, 2.75) is 40.2 Å². The summed E-state index contributed by atoms with van der Waals surface area (Å²) in [5.74, 6) is 1.10. The van der Waals surface area contributed by atoms with E-state index in [1.165, 1.54) is 12.8 Å². The number of nitrogens with zero attached hydrogens (tertiary/aromatic N) is 2. The number of aromatic nitrogens is 2. The van der Waals surface area contributed by atoms with Crippen molar-refractivity contribution in [2.24, 2.45) is 12.5 Å². The van der Waals surface area contributed by atoms with Gasteiger partial charge in [-0.2, -0.15) is 0 Å². The molecule has 0 fully saturated rings. The molecular weight excluding hydrogens is 186 g/mol. The Morgan fingerprint density at radius 3 is 2.67 bits per heavy atom. The Labute approximate surface area is 92.9 Å². The van der Waals surface area contributed by atoms with Crippen LogP contribution in [-0.2, 0) is 13.6 Å². The normalized spacial score (nSPS) is 12.0. The minimum Gasteiger partial charge on any atom is -0.337 e. The van der Waals surface area contributed by atoms with Crippen molar-refractivity contribution in [3.63, 3.8) is 0 Å². The molecule has 0 bridgehead atoms. The van der Waals surface area contributed by atoms with Gasteiger partial charge in [-0.1, -0.05) is 20.8 Å². The quantitative estimate of drug-likeness (QED) is 0.754. The van der Waals surface area contributed by atoms with Crippen LogP contribution in [0.25, 0.3) is 0 Å². The van der Waals surface area contributed by atoms with Crippen molar-refractivity contribution in [3.05, 3.63) is 18.2 Å². The third-order valence-electron chi connectivity index (χ3n) is 2.48. The molecule has 1 N–H and O–H groups in total. The predicted molar refractivity (Wildman–Crippen MR) is 63.6 cm³/mol. The second-order valence-corrected chi connectivity index (χ2v) is 5.30. The van der Waals surface area contributed by atoms with Crippen LogP contribution in [0.4, 0.5) is 0 Å². The van der Waals surface area contributed by atoms with E-state index in [9.17, 15) is 0 Å². The first-order valence-electron chi connectivity index (χ1n) is 5.66. The van der Waals surface area contributed by atoms with E-state index in [1.807, 2.05) is 19.4 Å². The van der Waals surface area contributed by atoms with Gasteiger partial charge in [0.05, 0.1) is 6.54 Å². The Morgan fingerprint density at radius 2 is 2.13 bits per heavy atom. The summed E-state index contributed by atoms with van der Waals surface area (Å²) in [6.45, 7) is 8.79. The fourth-order valence-corrected chi connectivity index (χ4v) is 1.51. The molecule has 86 valence electrons. The Kier molecular flexibility index (Phi) is 4.33. The molecule has 0 aliphatic heterocycles. The van der Waals surface area contributed by atoms with Gasteiger partial charge in [-0.3, -0.25) is 0 Å². The van der Waals surface area contributed by atoms with Gasteiger partial charge in [0, 0.05) is 19.4 Å². The summed E-state index contributed by atoms with van der Waals surface area (Å²) in [6, 6.07) is 0. The highest BCUT2D eigenvalue weighted by Gasteiger charge is 2.08. The molecule has 0 saturated heterocycles. The van der Waals surface area contributed by atoms with Crippen molar-refractivity contribution >= 4 is 0 Å². The van der Waals surface area contributed by atoms with Crippen LogP contribution in [-0.4, -0.2) is 16.1 Å². The topological polar surface area (TPSA) is 29.9 Å². The minimum absolute atomic E-state index is 0.449. The van der Waals surface area contributed by atoms with Gasteiger partial charge in [0.1, 0.15) is 5.82 Å². The van der Waals surface area contributed by atoms with E-state index in [0.29, 0.717) is 5.41 Å². The van der Waals surface area contributed by atoms with Gasteiger partial charge < -0.3 is 9.88 Å². The lowest BCUT2D eigenvalue weighted by Crippen LogP contribution is -2.19. The molecule has 0 saturated carbocycles. The lowest BCUT2D eigenvalue weighted by molar-refractivity contribution is 0.360. The van der Waals surface area contributed by atoms with Crippen LogP contribution in [0.15, 0.2) is 12.4 Å². The first-order chi connectivity index (χ1) is 6.99. The molecule has 1 rings (SSSR count). The van der Waals surface area contributed by atoms with Crippen LogP contribution in [0.2, 0.25) is 0 Å². The maximum atomic E-state index is 4.26. The lowest BCUT2D eigenvalue weighted by atomic mass is 9.91. The first kappa shape index (κ1) is 12.2. The molecule has 15 heavy (non-hydrogen) atoms. The first-order valence-corrected chi connectivity index (χ1v) is 5.66. The summed E-state index contributed by atoms with van der Waals surface area (Å²) in [5, 5.41) is 3.42. The van der Waals surface area contributed by atoms with E-state index in [0.717, 1.165) is 18.9 Å². The van der Waals surface area contributed by atoms with Crippen LogP contribution >= 0.6 is 0 Å². The third-order valence-corrected chi connectivity index (χ3v) is 2.48. The monoisotopic (exact) mass is 209 g/mol. The average molecular weight is 209 g/mol. The van der Waals surface area contributed by atoms with Gasteiger partial charge in [0.25, 0.3) is 0 Å². The molecule has 3 heteroatoms. The third kappa shape index (κ3) is 4.98. The number of imidazole rings is 1. The van der Waals surface area contributed by atoms with Crippen molar-refractivity contribution in [2.75, 3.05) is 6.54 Å². The second kappa shape index (κ2) is 5.31. The van der Waals surface area contributed by atoms with Gasteiger partial charge in [0.15, 0.2) is 0 Å². The fourth-order valence-electron chi connectivity index (χ4n) is 1.51. The molecule has 0 radical (unpaired) electrons. The maximum Gasteiger partial charge on any atom is 0.122 e. The van der Waals surface area contributed by atoms with Crippen LogP contribution in [0.3, 0.4) is 0 Å². The number of aryl methyl sites for hydroxylation is 1. The van der Waals surface area contributed by atoms with Crippen LogP contribution in [0.1, 0.15) is 39.4 Å². The van der Waals surface area contributed by atoms with E-state index in [2.05, 4.69) is 35.6 Å². The highest BCUT2D eigenvalue weighted by atomic mass is 15.1. The Morgan fingerprint density at radius 1 is 1.40 bits per heavy atom. The molecule has 0 unspecified atom stereocenters. The average Bonchev–Trinajstić information content (AvgIpc) is 2.49. The molecule has 3 nitrogen and oxygen atoms in total. The van der Waals surface area contributed by atoms with Crippen LogP contribution in [0.5, 0.6) is 0 Å². The summed E-state index contributed by atoms with van der Waals surface area (Å²) in [4.78, 5) is 4.26. The maximum absolute atomic E-state index is 4.26. The zero-order chi connectivity index (χ0) is 11.3. The van der Waals surface area contributed by atoms with Gasteiger partial charge in [-0.05, 0) is 24.8 Å². The summed E-state index contributed by atoms with van der Waals surface area (Å²) in [5.41, 5.74) is 0.449. The number of rotatable bonds is 5. The second-order valence-electron chi connectivity index (χ2n) is 5.30. The van der Waals surface area contributed by atoms with E-state index in [4.69, 9.17) is 0 Å². The molecular formula is C12H23N3. The van der Waals surface area contributed by atoms with Gasteiger partial charge >= 0.3 is 0 Å². The SMILES string of the molecule is Cn1ccnc1CNCCCC(C)(C)C. The number of hydrogen-bond donors (Lipinski definition) is 1. The predicted octanol–water partition coefficient (Wildman–Crippen LogP) is 2.34. The van der Waals surface area contributed by atoms with Crippen LogP contribution in [0, 0.1) is 5.41 Å². The molecule has 0 amide bonds. The lowest BCUT2D eigenvalue weighted by Gasteiger charge is -2.17. The van der Waals surface area contributed by atoms with Gasteiger partial charge in [0.2, 0.25) is 0 Å². The van der Waals surface area contributed by atoms with Crippen molar-refractivity contribution < 1.29 is 0 Å². The molecule has 1 aromatic rings. The molecule has 0 aliphatic carbocycles. The molecule has 1 heterocycles. The largest absolute Gasteiger partial charge is 0.337 e. The molecule has 1 aromatic heterocycles. The summed E-state index contributed by atoms with van der Waals surface area (Å²) in [6.07, 6.45) is 6.31. The van der Waals surface area contributed by atoms with Crippen LogP contribution < -0.4 is 5.32 Å². The number of hydrogen-bond acceptors (Lipinski definition) is 2. The summed E-state index contributed by atoms with van der Waals surface area (Å²) in [7, 11) is 2.03.